The molecule has 1 amide bonds. The molecule has 122 valence electrons. The van der Waals surface area contributed by atoms with Crippen LogP contribution in [0.4, 0.5) is 5.95 Å². The van der Waals surface area contributed by atoms with Crippen LogP contribution in [0.15, 0.2) is 36.7 Å². The third-order valence-electron chi connectivity index (χ3n) is 3.32. The molecule has 1 aromatic heterocycles. The minimum absolute atomic E-state index is 0.146. The van der Waals surface area contributed by atoms with Crippen molar-refractivity contribution in [2.75, 3.05) is 25.5 Å². The van der Waals surface area contributed by atoms with Gasteiger partial charge in [0.05, 0.1) is 12.7 Å². The Hall–Kier alpha value is -2.63. The molecule has 0 aliphatic carbocycles. The third kappa shape index (κ3) is 4.95. The Kier molecular flexibility index (Phi) is 6.35. The number of rotatable bonds is 8. The number of carbonyl (C=O) groups excluding carboxylic acids is 1. The summed E-state index contributed by atoms with van der Waals surface area (Å²) in [5.41, 5.74) is 1.59. The molecule has 1 aromatic carbocycles. The highest BCUT2D eigenvalue weighted by Crippen LogP contribution is 2.17. The Bertz CT molecular complexity index is 629. The number of anilines is 1. The number of methoxy groups -OCH3 is 1. The Labute approximate surface area is 136 Å². The zero-order valence-electron chi connectivity index (χ0n) is 13.5. The maximum absolute atomic E-state index is 11.8. The molecule has 0 saturated heterocycles. The minimum atomic E-state index is -0.146. The summed E-state index contributed by atoms with van der Waals surface area (Å²) >= 11 is 0. The first-order chi connectivity index (χ1) is 11.2. The van der Waals surface area contributed by atoms with Crippen molar-refractivity contribution in [2.45, 2.75) is 19.8 Å². The average molecular weight is 314 g/mol. The zero-order valence-corrected chi connectivity index (χ0v) is 13.5. The van der Waals surface area contributed by atoms with E-state index in [1.807, 2.05) is 31.2 Å². The lowest BCUT2D eigenvalue weighted by atomic mass is 10.1. The van der Waals surface area contributed by atoms with Crippen LogP contribution in [0, 0.1) is 0 Å². The van der Waals surface area contributed by atoms with Gasteiger partial charge in [0.15, 0.2) is 0 Å². The van der Waals surface area contributed by atoms with Gasteiger partial charge in [-0.1, -0.05) is 25.1 Å². The lowest BCUT2D eigenvalue weighted by Gasteiger charge is -2.09. The van der Waals surface area contributed by atoms with Crippen LogP contribution in [0.1, 0.15) is 29.3 Å². The van der Waals surface area contributed by atoms with Crippen LogP contribution < -0.4 is 15.4 Å². The number of amides is 1. The van der Waals surface area contributed by atoms with E-state index >= 15 is 0 Å². The zero-order chi connectivity index (χ0) is 16.5. The third-order valence-corrected chi connectivity index (χ3v) is 3.32. The lowest BCUT2D eigenvalue weighted by Crippen LogP contribution is -2.24. The van der Waals surface area contributed by atoms with E-state index in [9.17, 15) is 4.79 Å². The van der Waals surface area contributed by atoms with Gasteiger partial charge in [-0.15, -0.1) is 0 Å². The molecular formula is C17H22N4O2. The van der Waals surface area contributed by atoms with E-state index in [0.717, 1.165) is 24.2 Å². The van der Waals surface area contributed by atoms with Gasteiger partial charge < -0.3 is 15.4 Å². The Morgan fingerprint density at radius 2 is 1.91 bits per heavy atom. The van der Waals surface area contributed by atoms with Crippen LogP contribution in [-0.2, 0) is 6.42 Å². The van der Waals surface area contributed by atoms with Gasteiger partial charge in [0.25, 0.3) is 5.91 Å². The molecular weight excluding hydrogens is 292 g/mol. The SMILES string of the molecule is CCCNC(=O)c1cnc(NCCc2ccccc2OC)nc1. The highest BCUT2D eigenvalue weighted by atomic mass is 16.5. The number of aromatic nitrogens is 2. The van der Waals surface area contributed by atoms with Crippen molar-refractivity contribution < 1.29 is 9.53 Å². The number of hydrogen-bond donors (Lipinski definition) is 2. The van der Waals surface area contributed by atoms with Crippen molar-refractivity contribution in [3.8, 4) is 5.75 Å². The van der Waals surface area contributed by atoms with E-state index in [4.69, 9.17) is 4.74 Å². The van der Waals surface area contributed by atoms with E-state index in [1.165, 1.54) is 12.4 Å². The van der Waals surface area contributed by atoms with Crippen LogP contribution in [0.2, 0.25) is 0 Å². The van der Waals surface area contributed by atoms with Crippen LogP contribution in [0.25, 0.3) is 0 Å². The molecule has 6 heteroatoms. The highest BCUT2D eigenvalue weighted by molar-refractivity contribution is 5.93. The molecule has 0 fully saturated rings. The summed E-state index contributed by atoms with van der Waals surface area (Å²) in [6.07, 6.45) is 4.76. The van der Waals surface area contributed by atoms with E-state index in [0.29, 0.717) is 24.6 Å². The van der Waals surface area contributed by atoms with Gasteiger partial charge in [0, 0.05) is 25.5 Å². The first kappa shape index (κ1) is 16.7. The fourth-order valence-electron chi connectivity index (χ4n) is 2.10. The van der Waals surface area contributed by atoms with Gasteiger partial charge >= 0.3 is 0 Å². The van der Waals surface area contributed by atoms with Gasteiger partial charge in [-0.2, -0.15) is 0 Å². The number of hydrogen-bond acceptors (Lipinski definition) is 5. The fourth-order valence-corrected chi connectivity index (χ4v) is 2.10. The Morgan fingerprint density at radius 3 is 2.61 bits per heavy atom. The van der Waals surface area contributed by atoms with Gasteiger partial charge in [-0.05, 0) is 24.5 Å². The van der Waals surface area contributed by atoms with Crippen molar-refractivity contribution in [1.29, 1.82) is 0 Å². The number of nitrogens with zero attached hydrogens (tertiary/aromatic N) is 2. The standard InChI is InChI=1S/C17H22N4O2/c1-3-9-18-16(22)14-11-20-17(21-12-14)19-10-8-13-6-4-5-7-15(13)23-2/h4-7,11-12H,3,8-10H2,1-2H3,(H,18,22)(H,19,20,21). The normalized spacial score (nSPS) is 10.2. The predicted octanol–water partition coefficient (Wildman–Crippen LogP) is 2.28. The molecule has 0 aliphatic rings. The summed E-state index contributed by atoms with van der Waals surface area (Å²) in [6.45, 7) is 3.34. The molecule has 0 atom stereocenters. The summed E-state index contributed by atoms with van der Waals surface area (Å²) in [4.78, 5) is 20.1. The summed E-state index contributed by atoms with van der Waals surface area (Å²) in [7, 11) is 1.66. The molecule has 1 heterocycles. The number of nitrogens with one attached hydrogen (secondary N) is 2. The van der Waals surface area contributed by atoms with E-state index < -0.39 is 0 Å². The van der Waals surface area contributed by atoms with Crippen LogP contribution in [0.5, 0.6) is 5.75 Å². The van der Waals surface area contributed by atoms with Crippen molar-refractivity contribution in [2.24, 2.45) is 0 Å². The fraction of sp³-hybridized carbons (Fsp3) is 0.353. The second-order valence-electron chi connectivity index (χ2n) is 5.04. The van der Waals surface area contributed by atoms with E-state index in [-0.39, 0.29) is 5.91 Å². The lowest BCUT2D eigenvalue weighted by molar-refractivity contribution is 0.0953. The second-order valence-corrected chi connectivity index (χ2v) is 5.04. The van der Waals surface area contributed by atoms with Gasteiger partial charge in [0.2, 0.25) is 5.95 Å². The second kappa shape index (κ2) is 8.73. The molecule has 23 heavy (non-hydrogen) atoms. The predicted molar refractivity (Wildman–Crippen MR) is 89.8 cm³/mol. The van der Waals surface area contributed by atoms with Crippen molar-refractivity contribution in [1.82, 2.24) is 15.3 Å². The summed E-state index contributed by atoms with van der Waals surface area (Å²) in [5, 5.41) is 5.94. The number of carbonyl (C=O) groups is 1. The molecule has 2 aromatic rings. The van der Waals surface area contributed by atoms with Crippen molar-refractivity contribution >= 4 is 11.9 Å². The van der Waals surface area contributed by atoms with E-state index in [2.05, 4.69) is 20.6 Å². The largest absolute Gasteiger partial charge is 0.496 e. The molecule has 0 spiro atoms. The topological polar surface area (TPSA) is 76.1 Å². The number of benzene rings is 1. The molecule has 0 aliphatic heterocycles. The molecule has 0 bridgehead atoms. The molecule has 0 radical (unpaired) electrons. The van der Waals surface area contributed by atoms with E-state index in [1.54, 1.807) is 7.11 Å². The molecule has 0 saturated carbocycles. The summed E-state index contributed by atoms with van der Waals surface area (Å²) in [5.74, 6) is 1.23. The summed E-state index contributed by atoms with van der Waals surface area (Å²) in [6, 6.07) is 7.90. The first-order valence-corrected chi connectivity index (χ1v) is 7.70. The molecule has 2 rings (SSSR count). The highest BCUT2D eigenvalue weighted by Gasteiger charge is 2.06. The van der Waals surface area contributed by atoms with Gasteiger partial charge in [0.1, 0.15) is 5.75 Å². The van der Waals surface area contributed by atoms with Crippen LogP contribution in [0.3, 0.4) is 0 Å². The van der Waals surface area contributed by atoms with Crippen LogP contribution >= 0.6 is 0 Å². The Balaban J connectivity index is 1.85. The average Bonchev–Trinajstić information content (AvgIpc) is 2.60. The van der Waals surface area contributed by atoms with Gasteiger partial charge in [-0.25, -0.2) is 9.97 Å². The quantitative estimate of drug-likeness (QED) is 0.782. The minimum Gasteiger partial charge on any atom is -0.496 e. The summed E-state index contributed by atoms with van der Waals surface area (Å²) < 4.78 is 5.32. The van der Waals surface area contributed by atoms with Crippen molar-refractivity contribution in [3.63, 3.8) is 0 Å². The van der Waals surface area contributed by atoms with Crippen molar-refractivity contribution in [3.05, 3.63) is 47.8 Å². The monoisotopic (exact) mass is 314 g/mol. The smallest absolute Gasteiger partial charge is 0.254 e. The van der Waals surface area contributed by atoms with Gasteiger partial charge in [-0.3, -0.25) is 4.79 Å². The number of ether oxygens (including phenoxy) is 1. The maximum Gasteiger partial charge on any atom is 0.254 e. The molecule has 6 nitrogen and oxygen atoms in total. The molecule has 0 unspecified atom stereocenters. The molecule has 2 N–H and O–H groups in total. The van der Waals surface area contributed by atoms with Crippen LogP contribution in [-0.4, -0.2) is 36.1 Å². The first-order valence-electron chi connectivity index (χ1n) is 7.70. The maximum atomic E-state index is 11.8. The Morgan fingerprint density at radius 1 is 1.17 bits per heavy atom. The number of para-hydroxylation sites is 1.